The quantitative estimate of drug-likeness (QED) is 0.672. The van der Waals surface area contributed by atoms with Gasteiger partial charge in [0.2, 0.25) is 15.9 Å². The molecule has 156 valence electrons. The molecule has 3 rings (SSSR count). The van der Waals surface area contributed by atoms with Crippen molar-refractivity contribution in [3.05, 3.63) is 60.2 Å². The number of hydrogen-bond donors (Lipinski definition) is 1. The first kappa shape index (κ1) is 21.3. The van der Waals surface area contributed by atoms with Gasteiger partial charge in [-0.1, -0.05) is 30.3 Å². The van der Waals surface area contributed by atoms with Crippen LogP contribution in [0.15, 0.2) is 59.5 Å². The second kappa shape index (κ2) is 9.89. The van der Waals surface area contributed by atoms with E-state index in [2.05, 4.69) is 5.32 Å². The summed E-state index contributed by atoms with van der Waals surface area (Å²) in [4.78, 5) is 12.8. The van der Waals surface area contributed by atoms with Crippen molar-refractivity contribution < 1.29 is 17.9 Å². The van der Waals surface area contributed by atoms with Gasteiger partial charge < -0.3 is 10.1 Å². The molecule has 0 saturated carbocycles. The van der Waals surface area contributed by atoms with Gasteiger partial charge in [-0.25, -0.2) is 8.42 Å². The predicted octanol–water partition coefficient (Wildman–Crippen LogP) is 2.84. The normalized spacial score (nSPS) is 17.6. The molecule has 2 aromatic carbocycles. The standard InChI is InChI=1S/C22H28N2O4S/c1-28-20-13-11-18(12-14-20)7-5-15-23-22(25)19-8-6-16-24(17-19)29(26,27)21-9-3-2-4-10-21/h2-4,9-14,19H,5-8,15-17H2,1H3,(H,23,25)/t19-/m1/s1. The van der Waals surface area contributed by atoms with Crippen molar-refractivity contribution in [1.82, 2.24) is 9.62 Å². The molecule has 1 aliphatic heterocycles. The highest BCUT2D eigenvalue weighted by atomic mass is 32.2. The molecule has 2 aromatic rings. The largest absolute Gasteiger partial charge is 0.497 e. The van der Waals surface area contributed by atoms with E-state index in [4.69, 9.17) is 4.74 Å². The van der Waals surface area contributed by atoms with E-state index < -0.39 is 10.0 Å². The Morgan fingerprint density at radius 2 is 1.86 bits per heavy atom. The Balaban J connectivity index is 1.48. The Kier molecular flexibility index (Phi) is 7.28. The van der Waals surface area contributed by atoms with Gasteiger partial charge in [0.15, 0.2) is 0 Å². The minimum Gasteiger partial charge on any atom is -0.497 e. The van der Waals surface area contributed by atoms with Gasteiger partial charge in [0.1, 0.15) is 5.75 Å². The molecule has 1 amide bonds. The van der Waals surface area contributed by atoms with Crippen LogP contribution in [0.25, 0.3) is 0 Å². The lowest BCUT2D eigenvalue weighted by molar-refractivity contribution is -0.126. The minimum absolute atomic E-state index is 0.0623. The second-order valence-corrected chi connectivity index (χ2v) is 9.20. The summed E-state index contributed by atoms with van der Waals surface area (Å²) in [6, 6.07) is 16.3. The van der Waals surface area contributed by atoms with Gasteiger partial charge in [-0.3, -0.25) is 4.79 Å². The molecule has 0 radical (unpaired) electrons. The SMILES string of the molecule is COc1ccc(CCCNC(=O)[C@@H]2CCCN(S(=O)(=O)c3ccccc3)C2)cc1. The van der Waals surface area contributed by atoms with E-state index in [1.807, 2.05) is 24.3 Å². The highest BCUT2D eigenvalue weighted by Gasteiger charge is 2.33. The Labute approximate surface area is 172 Å². The van der Waals surface area contributed by atoms with Crippen molar-refractivity contribution in [1.29, 1.82) is 0 Å². The fourth-order valence-corrected chi connectivity index (χ4v) is 5.10. The number of sulfonamides is 1. The molecule has 0 aromatic heterocycles. The Bertz CT molecular complexity index is 898. The van der Waals surface area contributed by atoms with E-state index in [1.54, 1.807) is 37.4 Å². The summed E-state index contributed by atoms with van der Waals surface area (Å²) in [5, 5.41) is 2.97. The minimum atomic E-state index is -3.55. The van der Waals surface area contributed by atoms with E-state index in [1.165, 1.54) is 9.87 Å². The van der Waals surface area contributed by atoms with Gasteiger partial charge in [0, 0.05) is 19.6 Å². The molecule has 29 heavy (non-hydrogen) atoms. The Morgan fingerprint density at radius 3 is 2.55 bits per heavy atom. The van der Waals surface area contributed by atoms with Crippen LogP contribution in [0, 0.1) is 5.92 Å². The number of carbonyl (C=O) groups excluding carboxylic acids is 1. The molecule has 0 bridgehead atoms. The van der Waals surface area contributed by atoms with Crippen LogP contribution in [-0.2, 0) is 21.2 Å². The van der Waals surface area contributed by atoms with Crippen LogP contribution in [0.5, 0.6) is 5.75 Å². The third-order valence-electron chi connectivity index (χ3n) is 5.24. The summed E-state index contributed by atoms with van der Waals surface area (Å²) in [6.07, 6.45) is 3.10. The van der Waals surface area contributed by atoms with Crippen molar-refractivity contribution in [3.8, 4) is 5.75 Å². The van der Waals surface area contributed by atoms with E-state index in [0.717, 1.165) is 18.6 Å². The summed E-state index contributed by atoms with van der Waals surface area (Å²) < 4.78 is 32.2. The number of hydrogen-bond acceptors (Lipinski definition) is 4. The molecule has 1 saturated heterocycles. The number of amides is 1. The average molecular weight is 417 g/mol. The van der Waals surface area contributed by atoms with E-state index in [0.29, 0.717) is 25.9 Å². The van der Waals surface area contributed by atoms with Crippen LogP contribution in [0.2, 0.25) is 0 Å². The maximum absolute atomic E-state index is 12.8. The zero-order valence-corrected chi connectivity index (χ0v) is 17.5. The molecule has 1 heterocycles. The van der Waals surface area contributed by atoms with Gasteiger partial charge in [-0.05, 0) is 55.5 Å². The van der Waals surface area contributed by atoms with Crippen LogP contribution in [-0.4, -0.2) is 45.4 Å². The molecule has 6 nitrogen and oxygen atoms in total. The zero-order valence-electron chi connectivity index (χ0n) is 16.7. The zero-order chi connectivity index (χ0) is 20.7. The number of nitrogens with zero attached hydrogens (tertiary/aromatic N) is 1. The lowest BCUT2D eigenvalue weighted by Gasteiger charge is -2.31. The smallest absolute Gasteiger partial charge is 0.243 e. The van der Waals surface area contributed by atoms with Gasteiger partial charge in [-0.15, -0.1) is 0 Å². The summed E-state index contributed by atoms with van der Waals surface area (Å²) in [5.41, 5.74) is 1.19. The van der Waals surface area contributed by atoms with Crippen LogP contribution in [0.1, 0.15) is 24.8 Å². The fraction of sp³-hybridized carbons (Fsp3) is 0.409. The van der Waals surface area contributed by atoms with Crippen molar-refractivity contribution in [2.24, 2.45) is 5.92 Å². The van der Waals surface area contributed by atoms with Crippen LogP contribution < -0.4 is 10.1 Å². The molecule has 1 fully saturated rings. The third-order valence-corrected chi connectivity index (χ3v) is 7.12. The number of ether oxygens (including phenoxy) is 1. The molecule has 7 heteroatoms. The highest BCUT2D eigenvalue weighted by Crippen LogP contribution is 2.23. The monoisotopic (exact) mass is 416 g/mol. The predicted molar refractivity (Wildman–Crippen MR) is 112 cm³/mol. The molecular weight excluding hydrogens is 388 g/mol. The molecule has 1 aliphatic rings. The fourth-order valence-electron chi connectivity index (χ4n) is 3.56. The summed E-state index contributed by atoms with van der Waals surface area (Å²) in [7, 11) is -1.91. The number of piperidine rings is 1. The molecular formula is C22H28N2O4S. The number of rotatable bonds is 8. The van der Waals surface area contributed by atoms with Crippen molar-refractivity contribution in [3.63, 3.8) is 0 Å². The van der Waals surface area contributed by atoms with Gasteiger partial charge in [0.25, 0.3) is 0 Å². The first-order valence-corrected chi connectivity index (χ1v) is 11.4. The first-order valence-electron chi connectivity index (χ1n) is 9.96. The van der Waals surface area contributed by atoms with E-state index in [-0.39, 0.29) is 23.3 Å². The Hall–Kier alpha value is -2.38. The molecule has 0 aliphatic carbocycles. The van der Waals surface area contributed by atoms with Gasteiger partial charge in [-0.2, -0.15) is 4.31 Å². The van der Waals surface area contributed by atoms with Crippen LogP contribution in [0.4, 0.5) is 0 Å². The van der Waals surface area contributed by atoms with E-state index in [9.17, 15) is 13.2 Å². The summed E-state index contributed by atoms with van der Waals surface area (Å²) in [6.45, 7) is 1.27. The van der Waals surface area contributed by atoms with Crippen molar-refractivity contribution in [2.75, 3.05) is 26.7 Å². The first-order chi connectivity index (χ1) is 14.0. The van der Waals surface area contributed by atoms with Gasteiger partial charge >= 0.3 is 0 Å². The topological polar surface area (TPSA) is 75.7 Å². The second-order valence-electron chi connectivity index (χ2n) is 7.26. The number of aryl methyl sites for hydroxylation is 1. The summed E-state index contributed by atoms with van der Waals surface area (Å²) >= 11 is 0. The van der Waals surface area contributed by atoms with Crippen LogP contribution >= 0.6 is 0 Å². The maximum Gasteiger partial charge on any atom is 0.243 e. The van der Waals surface area contributed by atoms with Gasteiger partial charge in [0.05, 0.1) is 17.9 Å². The molecule has 1 N–H and O–H groups in total. The number of carbonyl (C=O) groups is 1. The maximum atomic E-state index is 12.8. The number of benzene rings is 2. The molecule has 0 spiro atoms. The summed E-state index contributed by atoms with van der Waals surface area (Å²) in [5.74, 6) is 0.463. The number of methoxy groups -OCH3 is 1. The lowest BCUT2D eigenvalue weighted by Crippen LogP contribution is -2.45. The molecule has 1 atom stereocenters. The number of nitrogens with one attached hydrogen (secondary N) is 1. The Morgan fingerprint density at radius 1 is 1.14 bits per heavy atom. The lowest BCUT2D eigenvalue weighted by atomic mass is 9.99. The average Bonchev–Trinajstić information content (AvgIpc) is 2.77. The molecule has 0 unspecified atom stereocenters. The third kappa shape index (κ3) is 5.58. The highest BCUT2D eigenvalue weighted by molar-refractivity contribution is 7.89. The van der Waals surface area contributed by atoms with Crippen LogP contribution in [0.3, 0.4) is 0 Å². The van der Waals surface area contributed by atoms with Crippen molar-refractivity contribution >= 4 is 15.9 Å². The van der Waals surface area contributed by atoms with E-state index >= 15 is 0 Å². The van der Waals surface area contributed by atoms with Crippen molar-refractivity contribution in [2.45, 2.75) is 30.6 Å².